The lowest BCUT2D eigenvalue weighted by molar-refractivity contribution is -0.135. The third-order valence-electron chi connectivity index (χ3n) is 2.94. The summed E-state index contributed by atoms with van der Waals surface area (Å²) in [5.41, 5.74) is 2.61. The minimum atomic E-state index is -0.0678. The normalized spacial score (nSPS) is 20.1. The van der Waals surface area contributed by atoms with Gasteiger partial charge in [-0.05, 0) is 17.6 Å². The number of ether oxygens (including phenoxy) is 2. The number of rotatable bonds is 5. The van der Waals surface area contributed by atoms with Gasteiger partial charge in [-0.25, -0.2) is 0 Å². The van der Waals surface area contributed by atoms with E-state index < -0.39 is 0 Å². The Balaban J connectivity index is 1.90. The molecule has 2 heteroatoms. The maximum Gasteiger partial charge on any atom is 0.162 e. The van der Waals surface area contributed by atoms with Gasteiger partial charge in [0.15, 0.2) is 6.29 Å². The van der Waals surface area contributed by atoms with Crippen LogP contribution in [0.25, 0.3) is 5.57 Å². The Morgan fingerprint density at radius 3 is 2.88 bits per heavy atom. The van der Waals surface area contributed by atoms with Crippen molar-refractivity contribution in [2.75, 3.05) is 13.2 Å². The van der Waals surface area contributed by atoms with Gasteiger partial charge in [-0.15, -0.1) is 0 Å². The molecule has 0 N–H and O–H groups in total. The van der Waals surface area contributed by atoms with Gasteiger partial charge in [0.1, 0.15) is 0 Å². The molecule has 0 aliphatic carbocycles. The van der Waals surface area contributed by atoms with Gasteiger partial charge in [0.2, 0.25) is 0 Å². The van der Waals surface area contributed by atoms with Crippen LogP contribution in [0.1, 0.15) is 31.7 Å². The third kappa shape index (κ3) is 3.69. The van der Waals surface area contributed by atoms with Crippen molar-refractivity contribution in [1.82, 2.24) is 0 Å². The second kappa shape index (κ2) is 6.58. The fourth-order valence-corrected chi connectivity index (χ4v) is 1.93. The zero-order valence-electron chi connectivity index (χ0n) is 10.4. The molecule has 92 valence electrons. The van der Waals surface area contributed by atoms with E-state index in [0.717, 1.165) is 25.9 Å². The van der Waals surface area contributed by atoms with Crippen molar-refractivity contribution in [1.29, 1.82) is 0 Å². The molecule has 17 heavy (non-hydrogen) atoms. The number of unbranched alkanes of at least 4 members (excludes halogenated alkanes) is 1. The van der Waals surface area contributed by atoms with Crippen molar-refractivity contribution in [3.8, 4) is 0 Å². The van der Waals surface area contributed by atoms with Gasteiger partial charge in [-0.1, -0.05) is 49.8 Å². The molecule has 0 radical (unpaired) electrons. The molecule has 1 atom stereocenters. The lowest BCUT2D eigenvalue weighted by atomic mass is 10.0. The summed E-state index contributed by atoms with van der Waals surface area (Å²) in [6, 6.07) is 10.5. The summed E-state index contributed by atoms with van der Waals surface area (Å²) in [6.45, 7) is 3.62. The summed E-state index contributed by atoms with van der Waals surface area (Å²) < 4.78 is 11.3. The van der Waals surface area contributed by atoms with Crippen molar-refractivity contribution >= 4 is 5.57 Å². The maximum atomic E-state index is 5.71. The van der Waals surface area contributed by atoms with Crippen LogP contribution in [0.3, 0.4) is 0 Å². The van der Waals surface area contributed by atoms with Gasteiger partial charge in [0.05, 0.1) is 6.61 Å². The van der Waals surface area contributed by atoms with Crippen LogP contribution in [0.15, 0.2) is 36.4 Å². The van der Waals surface area contributed by atoms with Gasteiger partial charge in [0, 0.05) is 13.0 Å². The van der Waals surface area contributed by atoms with Gasteiger partial charge < -0.3 is 9.47 Å². The van der Waals surface area contributed by atoms with Crippen LogP contribution in [0.5, 0.6) is 0 Å². The Hall–Kier alpha value is -1.12. The number of benzene rings is 1. The number of hydrogen-bond acceptors (Lipinski definition) is 2. The summed E-state index contributed by atoms with van der Waals surface area (Å²) >= 11 is 0. The lowest BCUT2D eigenvalue weighted by Crippen LogP contribution is -2.22. The zero-order chi connectivity index (χ0) is 11.9. The molecule has 1 unspecified atom stereocenters. The molecular formula is C15H20O2. The SMILES string of the molecule is CCCCOC1CC(c2ccccc2)=CCO1. The van der Waals surface area contributed by atoms with E-state index >= 15 is 0 Å². The smallest absolute Gasteiger partial charge is 0.162 e. The Kier molecular flexibility index (Phi) is 4.77. The molecule has 0 aromatic heterocycles. The van der Waals surface area contributed by atoms with Crippen LogP contribution >= 0.6 is 0 Å². The molecule has 0 saturated heterocycles. The average Bonchev–Trinajstić information content (AvgIpc) is 2.41. The van der Waals surface area contributed by atoms with Gasteiger partial charge in [-0.2, -0.15) is 0 Å². The van der Waals surface area contributed by atoms with E-state index in [4.69, 9.17) is 9.47 Å². The number of hydrogen-bond donors (Lipinski definition) is 0. The molecule has 1 aromatic rings. The Morgan fingerprint density at radius 2 is 2.12 bits per heavy atom. The highest BCUT2D eigenvalue weighted by Gasteiger charge is 2.17. The second-order valence-corrected chi connectivity index (χ2v) is 4.29. The molecular weight excluding hydrogens is 212 g/mol. The molecule has 0 saturated carbocycles. The molecule has 2 rings (SSSR count). The molecule has 2 nitrogen and oxygen atoms in total. The van der Waals surface area contributed by atoms with E-state index in [1.807, 2.05) is 6.07 Å². The predicted octanol–water partition coefficient (Wildman–Crippen LogP) is 3.63. The van der Waals surface area contributed by atoms with Crippen molar-refractivity contribution in [2.45, 2.75) is 32.5 Å². The van der Waals surface area contributed by atoms with Gasteiger partial charge in [0.25, 0.3) is 0 Å². The van der Waals surface area contributed by atoms with Crippen LogP contribution in [-0.2, 0) is 9.47 Å². The Labute approximate surface area is 103 Å². The average molecular weight is 232 g/mol. The molecule has 1 aromatic carbocycles. The Bertz CT molecular complexity index is 356. The lowest BCUT2D eigenvalue weighted by Gasteiger charge is -2.23. The van der Waals surface area contributed by atoms with Crippen molar-refractivity contribution in [3.05, 3.63) is 42.0 Å². The predicted molar refractivity (Wildman–Crippen MR) is 69.6 cm³/mol. The topological polar surface area (TPSA) is 18.5 Å². The first kappa shape index (κ1) is 12.3. The monoisotopic (exact) mass is 232 g/mol. The van der Waals surface area contributed by atoms with Crippen LogP contribution < -0.4 is 0 Å². The summed E-state index contributed by atoms with van der Waals surface area (Å²) in [5.74, 6) is 0. The first-order valence-corrected chi connectivity index (χ1v) is 6.38. The molecule has 0 bridgehead atoms. The fraction of sp³-hybridized carbons (Fsp3) is 0.467. The van der Waals surface area contributed by atoms with Crippen LogP contribution in [0.2, 0.25) is 0 Å². The molecule has 1 heterocycles. The first-order chi connectivity index (χ1) is 8.40. The molecule has 0 amide bonds. The summed E-state index contributed by atoms with van der Waals surface area (Å²) in [4.78, 5) is 0. The molecule has 0 spiro atoms. The van der Waals surface area contributed by atoms with E-state index in [9.17, 15) is 0 Å². The maximum absolute atomic E-state index is 5.71. The van der Waals surface area contributed by atoms with Crippen molar-refractivity contribution in [2.24, 2.45) is 0 Å². The quantitative estimate of drug-likeness (QED) is 0.722. The Morgan fingerprint density at radius 1 is 1.29 bits per heavy atom. The summed E-state index contributed by atoms with van der Waals surface area (Å²) in [6.07, 6.45) is 5.20. The molecule has 1 aliphatic heterocycles. The van der Waals surface area contributed by atoms with Crippen LogP contribution in [-0.4, -0.2) is 19.5 Å². The second-order valence-electron chi connectivity index (χ2n) is 4.29. The first-order valence-electron chi connectivity index (χ1n) is 6.38. The summed E-state index contributed by atoms with van der Waals surface area (Å²) in [7, 11) is 0. The van der Waals surface area contributed by atoms with Crippen LogP contribution in [0.4, 0.5) is 0 Å². The van der Waals surface area contributed by atoms with Crippen molar-refractivity contribution in [3.63, 3.8) is 0 Å². The van der Waals surface area contributed by atoms with Gasteiger partial charge in [-0.3, -0.25) is 0 Å². The van der Waals surface area contributed by atoms with Crippen LogP contribution in [0, 0.1) is 0 Å². The summed E-state index contributed by atoms with van der Waals surface area (Å²) in [5, 5.41) is 0. The highest BCUT2D eigenvalue weighted by atomic mass is 16.7. The molecule has 1 aliphatic rings. The van der Waals surface area contributed by atoms with Gasteiger partial charge >= 0.3 is 0 Å². The highest BCUT2D eigenvalue weighted by molar-refractivity contribution is 5.66. The standard InChI is InChI=1S/C15H20O2/c1-2-3-10-16-15-12-14(9-11-17-15)13-7-5-4-6-8-13/h4-9,15H,2-3,10-12H2,1H3. The van der Waals surface area contributed by atoms with E-state index in [1.165, 1.54) is 11.1 Å². The minimum absolute atomic E-state index is 0.0678. The van der Waals surface area contributed by atoms with E-state index in [2.05, 4.69) is 37.3 Å². The van der Waals surface area contributed by atoms with Crippen molar-refractivity contribution < 1.29 is 9.47 Å². The molecule has 0 fully saturated rings. The van der Waals surface area contributed by atoms with E-state index in [-0.39, 0.29) is 6.29 Å². The zero-order valence-corrected chi connectivity index (χ0v) is 10.4. The van der Waals surface area contributed by atoms with E-state index in [0.29, 0.717) is 6.61 Å². The largest absolute Gasteiger partial charge is 0.352 e. The third-order valence-corrected chi connectivity index (χ3v) is 2.94. The van der Waals surface area contributed by atoms with E-state index in [1.54, 1.807) is 0 Å². The fourth-order valence-electron chi connectivity index (χ4n) is 1.93. The minimum Gasteiger partial charge on any atom is -0.352 e. The highest BCUT2D eigenvalue weighted by Crippen LogP contribution is 2.25.